The Labute approximate surface area is 149 Å². The monoisotopic (exact) mass is 359 g/mol. The molecule has 2 aromatic carbocycles. The number of hydrogen-bond donors (Lipinski definition) is 2. The van der Waals surface area contributed by atoms with Crippen LogP contribution in [0, 0.1) is 12.7 Å². The van der Waals surface area contributed by atoms with Crippen molar-refractivity contribution in [2.45, 2.75) is 18.4 Å². The summed E-state index contributed by atoms with van der Waals surface area (Å²) < 4.78 is 29.3. The molecule has 6 heteroatoms. The first kappa shape index (κ1) is 17.7. The van der Waals surface area contributed by atoms with Crippen LogP contribution in [0.5, 0.6) is 0 Å². The molecule has 0 bridgehead atoms. The fourth-order valence-electron chi connectivity index (χ4n) is 3.06. The minimum Gasteiger partial charge on any atom is -0.337 e. The van der Waals surface area contributed by atoms with Crippen molar-refractivity contribution in [3.8, 4) is 11.1 Å². The number of nitrogens with two attached hydrogens (primary N) is 2. The summed E-state index contributed by atoms with van der Waals surface area (Å²) in [6.45, 7) is 2.20. The highest BCUT2D eigenvalue weighted by Crippen LogP contribution is 2.36. The molecule has 3 aromatic rings. The minimum atomic E-state index is -0.291. The predicted octanol–water partition coefficient (Wildman–Crippen LogP) is 4.53. The molecule has 25 heavy (non-hydrogen) atoms. The van der Waals surface area contributed by atoms with Crippen molar-refractivity contribution in [3.05, 3.63) is 65.9 Å². The second-order valence-electron chi connectivity index (χ2n) is 5.74. The summed E-state index contributed by atoms with van der Waals surface area (Å²) in [6.07, 6.45) is 1.37. The van der Waals surface area contributed by atoms with Crippen LogP contribution in [-0.2, 0) is 6.54 Å². The first-order chi connectivity index (χ1) is 12.0. The fourth-order valence-corrected chi connectivity index (χ4v) is 3.40. The van der Waals surface area contributed by atoms with E-state index in [1.165, 1.54) is 18.2 Å². The number of hydrogen-bond acceptors (Lipinski definition) is 3. The molecule has 0 atom stereocenters. The van der Waals surface area contributed by atoms with E-state index in [1.807, 2.05) is 29.7 Å². The van der Waals surface area contributed by atoms with Crippen LogP contribution in [0.2, 0.25) is 0 Å². The third-order valence-electron chi connectivity index (χ3n) is 4.21. The van der Waals surface area contributed by atoms with Crippen molar-refractivity contribution < 1.29 is 8.78 Å². The average molecular weight is 359 g/mol. The Morgan fingerprint density at radius 3 is 2.56 bits per heavy atom. The maximum absolute atomic E-state index is 14.1. The quantitative estimate of drug-likeness (QED) is 0.658. The molecule has 3 rings (SSSR count). The Balaban J connectivity index is 2.25. The number of rotatable bonds is 5. The van der Waals surface area contributed by atoms with Gasteiger partial charge in [0.05, 0.1) is 6.54 Å². The van der Waals surface area contributed by atoms with Crippen LogP contribution in [0.15, 0.2) is 59.3 Å². The van der Waals surface area contributed by atoms with Crippen LogP contribution >= 0.6 is 11.9 Å². The number of benzene rings is 2. The lowest BCUT2D eigenvalue weighted by Gasteiger charge is -2.08. The maximum atomic E-state index is 14.1. The molecule has 0 unspecified atom stereocenters. The van der Waals surface area contributed by atoms with Gasteiger partial charge in [0.25, 0.3) is 0 Å². The number of allylic oxidation sites excluding steroid dienone is 1. The average Bonchev–Trinajstić information content (AvgIpc) is 2.87. The second kappa shape index (κ2) is 7.39. The van der Waals surface area contributed by atoms with Gasteiger partial charge in [0, 0.05) is 33.6 Å². The van der Waals surface area contributed by atoms with Crippen LogP contribution in [-0.4, -0.2) is 11.1 Å². The highest BCUT2D eigenvalue weighted by atomic mass is 32.2. The first-order valence-corrected chi connectivity index (χ1v) is 8.73. The SMILES string of the molecule is Cc1c(-c2ccc(F)cc2)c2cc(SN)ccc2n1C/C(F)=C/CN. The minimum absolute atomic E-state index is 0.107. The van der Waals surface area contributed by atoms with E-state index in [4.69, 9.17) is 10.9 Å². The summed E-state index contributed by atoms with van der Waals surface area (Å²) in [4.78, 5) is 0.908. The van der Waals surface area contributed by atoms with Crippen molar-refractivity contribution in [2.24, 2.45) is 10.9 Å². The van der Waals surface area contributed by atoms with E-state index in [-0.39, 0.29) is 24.7 Å². The lowest BCUT2D eigenvalue weighted by Crippen LogP contribution is -2.03. The van der Waals surface area contributed by atoms with E-state index in [1.54, 1.807) is 12.1 Å². The van der Waals surface area contributed by atoms with E-state index in [0.29, 0.717) is 0 Å². The molecule has 0 saturated heterocycles. The molecule has 1 heterocycles. The topological polar surface area (TPSA) is 57.0 Å². The smallest absolute Gasteiger partial charge is 0.123 e. The van der Waals surface area contributed by atoms with Crippen molar-refractivity contribution >= 4 is 22.9 Å². The Kier molecular flexibility index (Phi) is 5.22. The van der Waals surface area contributed by atoms with Crippen molar-refractivity contribution in [3.63, 3.8) is 0 Å². The van der Waals surface area contributed by atoms with Crippen molar-refractivity contribution in [1.29, 1.82) is 0 Å². The van der Waals surface area contributed by atoms with Gasteiger partial charge in [-0.25, -0.2) is 8.78 Å². The van der Waals surface area contributed by atoms with Crippen molar-refractivity contribution in [1.82, 2.24) is 4.57 Å². The number of fused-ring (bicyclic) bond motifs is 1. The fraction of sp³-hybridized carbons (Fsp3) is 0.158. The molecule has 0 saturated carbocycles. The zero-order valence-corrected chi connectivity index (χ0v) is 14.6. The van der Waals surface area contributed by atoms with Crippen LogP contribution in [0.1, 0.15) is 5.69 Å². The van der Waals surface area contributed by atoms with Gasteiger partial charge in [0.15, 0.2) is 0 Å². The zero-order valence-electron chi connectivity index (χ0n) is 13.8. The third kappa shape index (κ3) is 3.46. The van der Waals surface area contributed by atoms with Gasteiger partial charge in [-0.05, 0) is 60.8 Å². The molecule has 130 valence electrons. The molecule has 0 aliphatic rings. The Bertz CT molecular complexity index is 930. The second-order valence-corrected chi connectivity index (χ2v) is 6.44. The first-order valence-electron chi connectivity index (χ1n) is 7.85. The van der Waals surface area contributed by atoms with Gasteiger partial charge in [0.2, 0.25) is 0 Å². The van der Waals surface area contributed by atoms with Gasteiger partial charge in [-0.3, -0.25) is 5.14 Å². The van der Waals surface area contributed by atoms with Gasteiger partial charge in [-0.1, -0.05) is 12.1 Å². The molecule has 1 aromatic heterocycles. The molecule has 0 radical (unpaired) electrons. The van der Waals surface area contributed by atoms with Gasteiger partial charge in [0.1, 0.15) is 11.6 Å². The van der Waals surface area contributed by atoms with Crippen molar-refractivity contribution in [2.75, 3.05) is 6.54 Å². The van der Waals surface area contributed by atoms with E-state index in [9.17, 15) is 8.78 Å². The third-order valence-corrected chi connectivity index (χ3v) is 4.74. The van der Waals surface area contributed by atoms with E-state index in [0.717, 1.165) is 44.6 Å². The molecule has 3 nitrogen and oxygen atoms in total. The highest BCUT2D eigenvalue weighted by molar-refractivity contribution is 7.97. The standard InChI is InChI=1S/C19H19F2N3S/c1-12-19(13-2-4-14(20)5-3-13)17-10-16(25-23)6-7-18(17)24(12)11-15(21)8-9-22/h2-8,10H,9,11,22-23H2,1H3/b15-8-. The molecule has 0 aliphatic carbocycles. The van der Waals surface area contributed by atoms with Crippen LogP contribution in [0.4, 0.5) is 8.78 Å². The summed E-state index contributed by atoms with van der Waals surface area (Å²) in [5.41, 5.74) is 9.04. The molecular weight excluding hydrogens is 340 g/mol. The summed E-state index contributed by atoms with van der Waals surface area (Å²) in [5.74, 6) is -0.578. The van der Waals surface area contributed by atoms with E-state index >= 15 is 0 Å². The van der Waals surface area contributed by atoms with Gasteiger partial charge in [-0.15, -0.1) is 0 Å². The normalized spacial score (nSPS) is 12.1. The number of nitrogens with zero attached hydrogens (tertiary/aromatic N) is 1. The molecule has 4 N–H and O–H groups in total. The number of halogens is 2. The van der Waals surface area contributed by atoms with Crippen LogP contribution in [0.25, 0.3) is 22.0 Å². The highest BCUT2D eigenvalue weighted by Gasteiger charge is 2.17. The Morgan fingerprint density at radius 1 is 1.20 bits per heavy atom. The van der Waals surface area contributed by atoms with Gasteiger partial charge >= 0.3 is 0 Å². The van der Waals surface area contributed by atoms with E-state index in [2.05, 4.69) is 0 Å². The van der Waals surface area contributed by atoms with Crippen LogP contribution in [0.3, 0.4) is 0 Å². The summed E-state index contributed by atoms with van der Waals surface area (Å²) in [7, 11) is 0. The Hall–Kier alpha value is -2.15. The lowest BCUT2D eigenvalue weighted by molar-refractivity contribution is 0.555. The number of aromatic nitrogens is 1. The summed E-state index contributed by atoms with van der Waals surface area (Å²) in [5, 5.41) is 6.65. The lowest BCUT2D eigenvalue weighted by atomic mass is 10.0. The summed E-state index contributed by atoms with van der Waals surface area (Å²) >= 11 is 1.16. The molecule has 0 spiro atoms. The van der Waals surface area contributed by atoms with Gasteiger partial charge in [-0.2, -0.15) is 0 Å². The molecule has 0 amide bonds. The molecular formula is C19H19F2N3S. The maximum Gasteiger partial charge on any atom is 0.123 e. The van der Waals surface area contributed by atoms with Crippen LogP contribution < -0.4 is 10.9 Å². The van der Waals surface area contributed by atoms with E-state index < -0.39 is 0 Å². The molecule has 0 fully saturated rings. The largest absolute Gasteiger partial charge is 0.337 e. The van der Waals surface area contributed by atoms with Gasteiger partial charge < -0.3 is 10.3 Å². The summed E-state index contributed by atoms with van der Waals surface area (Å²) in [6, 6.07) is 12.1. The zero-order chi connectivity index (χ0) is 18.0. The predicted molar refractivity (Wildman–Crippen MR) is 100 cm³/mol. The molecule has 0 aliphatic heterocycles. The Morgan fingerprint density at radius 2 is 1.92 bits per heavy atom.